The van der Waals surface area contributed by atoms with Crippen LogP contribution in [-0.2, 0) is 14.6 Å². The Labute approximate surface area is 166 Å². The third kappa shape index (κ3) is 4.41. The van der Waals surface area contributed by atoms with Crippen LogP contribution in [0, 0.1) is 0 Å². The van der Waals surface area contributed by atoms with Gasteiger partial charge in [0.1, 0.15) is 11.0 Å². The number of rotatable bonds is 7. The van der Waals surface area contributed by atoms with E-state index in [0.717, 1.165) is 48.8 Å². The molecule has 0 amide bonds. The minimum Gasteiger partial charge on any atom is -0.508 e. The summed E-state index contributed by atoms with van der Waals surface area (Å²) >= 11 is 6.24. The maximum Gasteiger partial charge on any atom is 0.163 e. The zero-order valence-electron chi connectivity index (χ0n) is 15.9. The number of sulfone groups is 1. The van der Waals surface area contributed by atoms with E-state index in [1.54, 1.807) is 12.1 Å². The van der Waals surface area contributed by atoms with Crippen LogP contribution in [0.2, 0.25) is 5.02 Å². The van der Waals surface area contributed by atoms with Gasteiger partial charge >= 0.3 is 0 Å². The molecule has 1 aromatic carbocycles. The summed E-state index contributed by atoms with van der Waals surface area (Å²) < 4.78 is 30.6. The molecule has 27 heavy (non-hydrogen) atoms. The lowest BCUT2D eigenvalue weighted by Gasteiger charge is -2.15. The first-order chi connectivity index (χ1) is 12.9. The zero-order chi connectivity index (χ0) is 19.6. The molecule has 1 fully saturated rings. The number of allylic oxidation sites excluding steroid dienone is 1. The monoisotopic (exact) mass is 410 g/mol. The molecule has 0 aliphatic carbocycles. The lowest BCUT2D eigenvalue weighted by molar-refractivity contribution is 0.117. The van der Waals surface area contributed by atoms with Crippen LogP contribution in [-0.4, -0.2) is 37.2 Å². The van der Waals surface area contributed by atoms with Crippen LogP contribution in [0.1, 0.15) is 51.5 Å². The van der Waals surface area contributed by atoms with Crippen molar-refractivity contribution in [2.75, 3.05) is 12.4 Å². The van der Waals surface area contributed by atoms with Gasteiger partial charge < -0.3 is 9.84 Å². The lowest BCUT2D eigenvalue weighted by Crippen LogP contribution is -2.19. The highest BCUT2D eigenvalue weighted by atomic mass is 35.5. The van der Waals surface area contributed by atoms with E-state index in [2.05, 4.69) is 13.0 Å². The van der Waals surface area contributed by atoms with E-state index in [0.29, 0.717) is 11.6 Å². The number of hydrogen-bond donors (Lipinski definition) is 1. The Bertz CT molecular complexity index is 870. The van der Waals surface area contributed by atoms with Crippen LogP contribution in [0.4, 0.5) is 0 Å². The van der Waals surface area contributed by atoms with E-state index in [9.17, 15) is 13.5 Å². The van der Waals surface area contributed by atoms with Crippen LogP contribution in [0.5, 0.6) is 5.75 Å². The van der Waals surface area contributed by atoms with Crippen molar-refractivity contribution in [3.8, 4) is 5.75 Å². The second-order valence-electron chi connectivity index (χ2n) is 7.33. The molecule has 2 atom stereocenters. The summed E-state index contributed by atoms with van der Waals surface area (Å²) in [4.78, 5) is 0. The summed E-state index contributed by atoms with van der Waals surface area (Å²) in [6, 6.07) is 4.99. The molecule has 0 aromatic heterocycles. The SMILES string of the molecule is CCC/C(=C\c1ccc(O)cc1Cl)CC[C@H]1OC[C@H]2C1=C(CC)CS2(=O)=O. The molecule has 2 heterocycles. The van der Waals surface area contributed by atoms with Crippen LogP contribution in [0.3, 0.4) is 0 Å². The molecule has 3 rings (SSSR count). The fraction of sp³-hybridized carbons (Fsp3) is 0.524. The van der Waals surface area contributed by atoms with Crippen molar-refractivity contribution in [1.29, 1.82) is 0 Å². The molecule has 4 nitrogen and oxygen atoms in total. The van der Waals surface area contributed by atoms with Gasteiger partial charge in [-0.1, -0.05) is 49.1 Å². The molecule has 0 spiro atoms. The van der Waals surface area contributed by atoms with Crippen LogP contribution < -0.4 is 0 Å². The Hall–Kier alpha value is -1.30. The van der Waals surface area contributed by atoms with E-state index in [-0.39, 0.29) is 17.6 Å². The predicted octanol–water partition coefficient (Wildman–Crippen LogP) is 4.91. The van der Waals surface area contributed by atoms with E-state index in [1.807, 2.05) is 13.0 Å². The largest absolute Gasteiger partial charge is 0.508 e. The smallest absolute Gasteiger partial charge is 0.163 e. The van der Waals surface area contributed by atoms with Gasteiger partial charge in [0.15, 0.2) is 9.84 Å². The summed E-state index contributed by atoms with van der Waals surface area (Å²) in [6.45, 7) is 4.45. The number of hydrogen-bond acceptors (Lipinski definition) is 4. The Balaban J connectivity index is 1.76. The quantitative estimate of drug-likeness (QED) is 0.648. The Kier molecular flexibility index (Phi) is 6.34. The van der Waals surface area contributed by atoms with E-state index in [1.165, 1.54) is 5.57 Å². The first kappa shape index (κ1) is 20.4. The predicted molar refractivity (Wildman–Crippen MR) is 110 cm³/mol. The van der Waals surface area contributed by atoms with Gasteiger partial charge in [0, 0.05) is 0 Å². The van der Waals surface area contributed by atoms with Crippen molar-refractivity contribution in [3.05, 3.63) is 45.5 Å². The highest BCUT2D eigenvalue weighted by molar-refractivity contribution is 7.92. The van der Waals surface area contributed by atoms with Crippen molar-refractivity contribution < 1.29 is 18.3 Å². The molecule has 2 aliphatic rings. The first-order valence-electron chi connectivity index (χ1n) is 9.58. The standard InChI is InChI=1S/C21H27ClO4S/c1-3-5-14(10-16-7-8-17(23)11-18(16)22)6-9-19-21-15(4-2)13-27(24,25)20(21)12-26-19/h7-8,10-11,19-20,23H,3-6,9,12-13H2,1-2H3/b14-10+/t19-,20+/m1/s1. The fourth-order valence-electron chi connectivity index (χ4n) is 4.07. The third-order valence-corrected chi connectivity index (χ3v) is 7.76. The number of aromatic hydroxyl groups is 1. The summed E-state index contributed by atoms with van der Waals surface area (Å²) in [6.07, 6.45) is 6.34. The van der Waals surface area contributed by atoms with Gasteiger partial charge in [-0.3, -0.25) is 0 Å². The molecule has 0 radical (unpaired) electrons. The van der Waals surface area contributed by atoms with E-state index in [4.69, 9.17) is 16.3 Å². The molecule has 1 N–H and O–H groups in total. The Morgan fingerprint density at radius 2 is 2.11 bits per heavy atom. The normalized spacial score (nSPS) is 24.5. The average molecular weight is 411 g/mol. The summed E-state index contributed by atoms with van der Waals surface area (Å²) in [5, 5.41) is 9.62. The molecule has 1 saturated heterocycles. The lowest BCUT2D eigenvalue weighted by atomic mass is 9.94. The summed E-state index contributed by atoms with van der Waals surface area (Å²) in [5.41, 5.74) is 4.22. The van der Waals surface area contributed by atoms with Gasteiger partial charge in [0.05, 0.1) is 23.5 Å². The van der Waals surface area contributed by atoms with Crippen LogP contribution >= 0.6 is 11.6 Å². The number of halogens is 1. The molecule has 0 unspecified atom stereocenters. The number of ether oxygens (including phenoxy) is 1. The molecule has 0 saturated carbocycles. The van der Waals surface area contributed by atoms with Crippen LogP contribution in [0.15, 0.2) is 34.9 Å². The minimum atomic E-state index is -3.08. The summed E-state index contributed by atoms with van der Waals surface area (Å²) in [7, 11) is -3.08. The Morgan fingerprint density at radius 1 is 1.33 bits per heavy atom. The van der Waals surface area contributed by atoms with Crippen LogP contribution in [0.25, 0.3) is 6.08 Å². The summed E-state index contributed by atoms with van der Waals surface area (Å²) in [5.74, 6) is 0.352. The second kappa shape index (κ2) is 8.38. The van der Waals surface area contributed by atoms with Gasteiger partial charge in [-0.05, 0) is 55.0 Å². The number of fused-ring (bicyclic) bond motifs is 1. The molecule has 148 valence electrons. The molecular formula is C21H27ClO4S. The average Bonchev–Trinajstić information content (AvgIpc) is 3.15. The molecule has 0 bridgehead atoms. The Morgan fingerprint density at radius 3 is 2.78 bits per heavy atom. The van der Waals surface area contributed by atoms with E-state index < -0.39 is 15.1 Å². The molecular weight excluding hydrogens is 384 g/mol. The van der Waals surface area contributed by atoms with Gasteiger partial charge in [-0.15, -0.1) is 0 Å². The van der Waals surface area contributed by atoms with Crippen molar-refractivity contribution in [1.82, 2.24) is 0 Å². The highest BCUT2D eigenvalue weighted by Crippen LogP contribution is 2.39. The maximum atomic E-state index is 12.3. The minimum absolute atomic E-state index is 0.0993. The molecule has 6 heteroatoms. The first-order valence-corrected chi connectivity index (χ1v) is 11.7. The molecule has 1 aromatic rings. The van der Waals surface area contributed by atoms with Crippen molar-refractivity contribution >= 4 is 27.5 Å². The topological polar surface area (TPSA) is 63.6 Å². The van der Waals surface area contributed by atoms with Crippen molar-refractivity contribution in [2.45, 2.75) is 57.3 Å². The van der Waals surface area contributed by atoms with Gasteiger partial charge in [-0.2, -0.15) is 0 Å². The number of phenolic OH excluding ortho intramolecular Hbond substituents is 1. The maximum absolute atomic E-state index is 12.3. The molecule has 2 aliphatic heterocycles. The van der Waals surface area contributed by atoms with Gasteiger partial charge in [0.25, 0.3) is 0 Å². The second-order valence-corrected chi connectivity index (χ2v) is 9.92. The van der Waals surface area contributed by atoms with E-state index >= 15 is 0 Å². The van der Waals surface area contributed by atoms with Gasteiger partial charge in [0.2, 0.25) is 0 Å². The van der Waals surface area contributed by atoms with Crippen molar-refractivity contribution in [2.24, 2.45) is 0 Å². The highest BCUT2D eigenvalue weighted by Gasteiger charge is 2.46. The van der Waals surface area contributed by atoms with Gasteiger partial charge in [-0.25, -0.2) is 8.42 Å². The number of phenols is 1. The zero-order valence-corrected chi connectivity index (χ0v) is 17.4. The fourth-order valence-corrected chi connectivity index (χ4v) is 6.35. The third-order valence-electron chi connectivity index (χ3n) is 5.43. The van der Waals surface area contributed by atoms with Crippen molar-refractivity contribution in [3.63, 3.8) is 0 Å². The number of benzene rings is 1.